The van der Waals surface area contributed by atoms with E-state index in [1.165, 1.54) is 6.07 Å². The average molecular weight is 324 g/mol. The normalized spacial score (nSPS) is 28.7. The second kappa shape index (κ2) is 6.23. The van der Waals surface area contributed by atoms with E-state index in [4.69, 9.17) is 0 Å². The molecule has 2 bridgehead atoms. The minimum atomic E-state index is -1.12. The maximum atomic E-state index is 13.5. The summed E-state index contributed by atoms with van der Waals surface area (Å²) in [5.41, 5.74) is -0.640. The van der Waals surface area contributed by atoms with Gasteiger partial charge in [0.05, 0.1) is 0 Å². The van der Waals surface area contributed by atoms with Crippen LogP contribution in [0, 0.1) is 29.4 Å². The summed E-state index contributed by atoms with van der Waals surface area (Å²) in [4.78, 5) is 23.9. The molecule has 124 valence electrons. The molecule has 5 nitrogen and oxygen atoms in total. The number of para-hydroxylation sites is 1. The van der Waals surface area contributed by atoms with Crippen LogP contribution in [0.15, 0.2) is 18.2 Å². The van der Waals surface area contributed by atoms with Crippen molar-refractivity contribution in [3.05, 3.63) is 29.8 Å². The number of halogens is 2. The van der Waals surface area contributed by atoms with Crippen LogP contribution in [0.3, 0.4) is 0 Å². The molecule has 2 fully saturated rings. The molecule has 7 heteroatoms. The minimum Gasteiger partial charge on any atom is -0.396 e. The van der Waals surface area contributed by atoms with Gasteiger partial charge in [0.25, 0.3) is 0 Å². The number of rotatable bonds is 3. The van der Waals surface area contributed by atoms with Gasteiger partial charge in [0.1, 0.15) is 17.3 Å². The Balaban J connectivity index is 1.65. The highest BCUT2D eigenvalue weighted by molar-refractivity contribution is 6.39. The van der Waals surface area contributed by atoms with Crippen LogP contribution in [-0.4, -0.2) is 29.6 Å². The van der Waals surface area contributed by atoms with Crippen LogP contribution in [-0.2, 0) is 9.59 Å². The highest BCUT2D eigenvalue weighted by Crippen LogP contribution is 2.48. The topological polar surface area (TPSA) is 78.4 Å². The summed E-state index contributed by atoms with van der Waals surface area (Å²) in [5.74, 6) is -3.40. The van der Waals surface area contributed by atoms with E-state index < -0.39 is 29.1 Å². The van der Waals surface area contributed by atoms with Gasteiger partial charge < -0.3 is 15.7 Å². The summed E-state index contributed by atoms with van der Waals surface area (Å²) in [5, 5.41) is 14.0. The van der Waals surface area contributed by atoms with Gasteiger partial charge >= 0.3 is 11.8 Å². The van der Waals surface area contributed by atoms with Crippen LogP contribution in [0.1, 0.15) is 19.3 Å². The monoisotopic (exact) mass is 324 g/mol. The molecule has 0 aliphatic heterocycles. The number of hydrogen-bond acceptors (Lipinski definition) is 3. The number of aliphatic hydroxyl groups excluding tert-OH is 1. The van der Waals surface area contributed by atoms with Crippen molar-refractivity contribution in [1.29, 1.82) is 0 Å². The van der Waals surface area contributed by atoms with Crippen LogP contribution in [0.25, 0.3) is 0 Å². The Morgan fingerprint density at radius 2 is 1.78 bits per heavy atom. The number of fused-ring (bicyclic) bond motifs is 2. The number of aliphatic hydroxyl groups is 1. The first-order chi connectivity index (χ1) is 11.0. The van der Waals surface area contributed by atoms with Crippen molar-refractivity contribution in [3.63, 3.8) is 0 Å². The fourth-order valence-corrected chi connectivity index (χ4v) is 3.90. The highest BCUT2D eigenvalue weighted by atomic mass is 19.1. The molecular formula is C16H18F2N2O3. The van der Waals surface area contributed by atoms with E-state index in [1.54, 1.807) is 0 Å². The molecular weight excluding hydrogens is 306 g/mol. The Morgan fingerprint density at radius 1 is 1.13 bits per heavy atom. The van der Waals surface area contributed by atoms with Crippen LogP contribution < -0.4 is 10.6 Å². The van der Waals surface area contributed by atoms with Crippen molar-refractivity contribution >= 4 is 17.5 Å². The first kappa shape index (κ1) is 15.9. The zero-order chi connectivity index (χ0) is 16.6. The Bertz CT molecular complexity index is 618. The molecule has 0 spiro atoms. The molecule has 1 aromatic rings. The summed E-state index contributed by atoms with van der Waals surface area (Å²) in [6.07, 6.45) is 2.91. The number of anilines is 1. The Labute approximate surface area is 132 Å². The third kappa shape index (κ3) is 2.93. The zero-order valence-electron chi connectivity index (χ0n) is 12.4. The average Bonchev–Trinajstić information content (AvgIpc) is 3.12. The van der Waals surface area contributed by atoms with Gasteiger partial charge in [0.15, 0.2) is 0 Å². The first-order valence-electron chi connectivity index (χ1n) is 7.68. The van der Waals surface area contributed by atoms with Crippen molar-refractivity contribution in [2.45, 2.75) is 25.3 Å². The van der Waals surface area contributed by atoms with Crippen molar-refractivity contribution in [3.8, 4) is 0 Å². The van der Waals surface area contributed by atoms with Crippen LogP contribution in [0.5, 0.6) is 0 Å². The van der Waals surface area contributed by atoms with E-state index in [9.17, 15) is 23.5 Å². The molecule has 0 aromatic heterocycles. The van der Waals surface area contributed by atoms with Gasteiger partial charge in [-0.2, -0.15) is 0 Å². The number of benzene rings is 1. The van der Waals surface area contributed by atoms with Gasteiger partial charge in [-0.25, -0.2) is 8.78 Å². The highest BCUT2D eigenvalue weighted by Gasteiger charge is 2.48. The fourth-order valence-electron chi connectivity index (χ4n) is 3.90. The van der Waals surface area contributed by atoms with Gasteiger partial charge in [0.2, 0.25) is 0 Å². The van der Waals surface area contributed by atoms with Gasteiger partial charge in [-0.15, -0.1) is 0 Å². The zero-order valence-corrected chi connectivity index (χ0v) is 12.4. The number of amides is 2. The molecule has 23 heavy (non-hydrogen) atoms. The van der Waals surface area contributed by atoms with Crippen molar-refractivity contribution in [2.75, 3.05) is 11.9 Å². The molecule has 0 radical (unpaired) electrons. The Morgan fingerprint density at radius 3 is 2.43 bits per heavy atom. The van der Waals surface area contributed by atoms with E-state index in [-0.39, 0.29) is 24.5 Å². The van der Waals surface area contributed by atoms with Crippen LogP contribution in [0.4, 0.5) is 14.5 Å². The molecule has 4 unspecified atom stereocenters. The SMILES string of the molecule is O=C(Nc1c(F)cccc1F)C(=O)NC1C2CCC(C2)C1CO. The van der Waals surface area contributed by atoms with E-state index in [2.05, 4.69) is 5.32 Å². The summed E-state index contributed by atoms with van der Waals surface area (Å²) in [6, 6.07) is 2.90. The van der Waals surface area contributed by atoms with Crippen LogP contribution in [0.2, 0.25) is 0 Å². The lowest BCUT2D eigenvalue weighted by atomic mass is 9.85. The van der Waals surface area contributed by atoms with Crippen molar-refractivity contribution in [1.82, 2.24) is 5.32 Å². The van der Waals surface area contributed by atoms with E-state index in [0.29, 0.717) is 5.92 Å². The standard InChI is InChI=1S/C16H18F2N2O3/c17-11-2-1-3-12(18)14(11)20-16(23)15(22)19-13-9-5-4-8(6-9)10(13)7-21/h1-3,8-10,13,21H,4-7H2,(H,19,22)(H,20,23). The first-order valence-corrected chi connectivity index (χ1v) is 7.68. The third-order valence-corrected chi connectivity index (χ3v) is 5.00. The predicted molar refractivity (Wildman–Crippen MR) is 78.3 cm³/mol. The molecule has 3 rings (SSSR count). The number of nitrogens with one attached hydrogen (secondary N) is 2. The van der Waals surface area contributed by atoms with Crippen LogP contribution >= 0.6 is 0 Å². The van der Waals surface area contributed by atoms with Gasteiger partial charge in [-0.1, -0.05) is 6.07 Å². The third-order valence-electron chi connectivity index (χ3n) is 5.00. The summed E-state index contributed by atoms with van der Waals surface area (Å²) < 4.78 is 27.0. The molecule has 2 aliphatic rings. The van der Waals surface area contributed by atoms with E-state index in [1.807, 2.05) is 5.32 Å². The lowest BCUT2D eigenvalue weighted by molar-refractivity contribution is -0.137. The van der Waals surface area contributed by atoms with E-state index >= 15 is 0 Å². The maximum absolute atomic E-state index is 13.5. The molecule has 2 saturated carbocycles. The second-order valence-electron chi connectivity index (χ2n) is 6.23. The summed E-state index contributed by atoms with van der Waals surface area (Å²) >= 11 is 0. The molecule has 2 aliphatic carbocycles. The van der Waals surface area contributed by atoms with Crippen molar-refractivity contribution in [2.24, 2.45) is 17.8 Å². The number of carbonyl (C=O) groups excluding carboxylic acids is 2. The lowest BCUT2D eigenvalue weighted by Crippen LogP contribution is -2.48. The molecule has 2 amide bonds. The lowest BCUT2D eigenvalue weighted by Gasteiger charge is -2.30. The van der Waals surface area contributed by atoms with Crippen molar-refractivity contribution < 1.29 is 23.5 Å². The minimum absolute atomic E-state index is 0.0460. The number of hydrogen-bond donors (Lipinski definition) is 3. The van der Waals surface area contributed by atoms with Gasteiger partial charge in [-0.05, 0) is 43.2 Å². The molecule has 3 N–H and O–H groups in total. The molecule has 4 atom stereocenters. The quantitative estimate of drug-likeness (QED) is 0.736. The van der Waals surface area contributed by atoms with E-state index in [0.717, 1.165) is 31.4 Å². The maximum Gasteiger partial charge on any atom is 0.313 e. The Hall–Kier alpha value is -2.02. The molecule has 0 saturated heterocycles. The fraction of sp³-hybridized carbons (Fsp3) is 0.500. The predicted octanol–water partition coefficient (Wildman–Crippen LogP) is 1.43. The summed E-state index contributed by atoms with van der Waals surface area (Å²) in [6.45, 7) is -0.0460. The second-order valence-corrected chi connectivity index (χ2v) is 6.23. The Kier molecular flexibility index (Phi) is 4.30. The van der Waals surface area contributed by atoms with Gasteiger partial charge in [-0.3, -0.25) is 9.59 Å². The summed E-state index contributed by atoms with van der Waals surface area (Å²) in [7, 11) is 0. The molecule has 1 aromatic carbocycles. The van der Waals surface area contributed by atoms with Gasteiger partial charge in [0, 0.05) is 18.6 Å². The smallest absolute Gasteiger partial charge is 0.313 e. The largest absolute Gasteiger partial charge is 0.396 e. The molecule has 0 heterocycles. The number of carbonyl (C=O) groups is 2.